The van der Waals surface area contributed by atoms with Crippen LogP contribution in [-0.2, 0) is 29.4 Å². The highest BCUT2D eigenvalue weighted by molar-refractivity contribution is 6.38. The lowest BCUT2D eigenvalue weighted by molar-refractivity contribution is -0.140. The number of carbonyl (C=O) groups is 6. The predicted molar refractivity (Wildman–Crippen MR) is 215 cm³/mol. The van der Waals surface area contributed by atoms with Crippen LogP contribution in [0.5, 0.6) is 0 Å². The van der Waals surface area contributed by atoms with Crippen LogP contribution in [0.15, 0.2) is 9.59 Å². The van der Waals surface area contributed by atoms with Crippen molar-refractivity contribution in [2.75, 3.05) is 25.0 Å². The number of Topliss-reactive ketones (excluding diaryl/α,β-unsaturated/α-hetero) is 2. The standard InChI is InChI=1S/C41H68N6O8/c1-23(20-26(39(3,4)5)21-27(42)36(53)44-24(2)33(50)37(54)43-18-19-48)32(49)30(25-16-14-13-15-17-25)46-38(55)45-28(40(6,7)8)22-47(12)31-29(41(9,10)11)34(51)35(31)52/h19,23-28,30H,13-18,20-22,42H2,1-12H3,(H,43,54)(H,44,53)(H2,45,46,55)/t23?,24?,26-,27?,28?,30?/m0/s1. The first-order valence-corrected chi connectivity index (χ1v) is 19.7. The molecule has 4 amide bonds. The Hall–Kier alpha value is -3.94. The second-order valence-corrected chi connectivity index (χ2v) is 18.8. The number of aldehydes is 1. The molecule has 0 spiro atoms. The molecule has 0 saturated heterocycles. The topological polar surface area (TPSA) is 214 Å². The maximum absolute atomic E-state index is 14.4. The van der Waals surface area contributed by atoms with Crippen molar-refractivity contribution >= 4 is 41.4 Å². The summed E-state index contributed by atoms with van der Waals surface area (Å²) in [5.41, 5.74) is 4.86. The van der Waals surface area contributed by atoms with E-state index in [4.69, 9.17) is 5.73 Å². The summed E-state index contributed by atoms with van der Waals surface area (Å²) in [6, 6.07) is -3.87. The van der Waals surface area contributed by atoms with Crippen molar-refractivity contribution in [3.8, 4) is 0 Å². The van der Waals surface area contributed by atoms with Crippen molar-refractivity contribution < 1.29 is 28.8 Å². The molecule has 6 N–H and O–H groups in total. The molecule has 2 rings (SSSR count). The third-order valence-electron chi connectivity index (χ3n) is 11.1. The zero-order chi connectivity index (χ0) is 42.2. The van der Waals surface area contributed by atoms with Crippen LogP contribution in [-0.4, -0.2) is 80.0 Å². The maximum Gasteiger partial charge on any atom is 0.315 e. The number of nitrogens with one attached hydrogen (secondary N) is 4. The molecule has 1 aromatic rings. The van der Waals surface area contributed by atoms with Crippen molar-refractivity contribution in [3.05, 3.63) is 26.0 Å². The van der Waals surface area contributed by atoms with Crippen LogP contribution >= 0.6 is 0 Å². The van der Waals surface area contributed by atoms with E-state index in [9.17, 15) is 38.4 Å². The van der Waals surface area contributed by atoms with E-state index in [0.717, 1.165) is 32.1 Å². The number of anilines is 1. The van der Waals surface area contributed by atoms with Crippen LogP contribution < -0.4 is 42.8 Å². The van der Waals surface area contributed by atoms with E-state index in [1.807, 2.05) is 69.2 Å². The number of amides is 4. The number of nitrogens with two attached hydrogens (primary N) is 1. The molecule has 1 aromatic carbocycles. The van der Waals surface area contributed by atoms with Crippen LogP contribution in [0.25, 0.3) is 0 Å². The van der Waals surface area contributed by atoms with Gasteiger partial charge in [-0.3, -0.25) is 28.8 Å². The fraction of sp³-hybridized carbons (Fsp3) is 0.756. The lowest BCUT2D eigenvalue weighted by Gasteiger charge is -2.38. The van der Waals surface area contributed by atoms with Crippen LogP contribution in [0.3, 0.4) is 0 Å². The molecule has 14 heteroatoms. The zero-order valence-corrected chi connectivity index (χ0v) is 35.3. The molecule has 5 unspecified atom stereocenters. The van der Waals surface area contributed by atoms with Crippen molar-refractivity contribution in [1.82, 2.24) is 21.3 Å². The van der Waals surface area contributed by atoms with Crippen LogP contribution in [0.2, 0.25) is 0 Å². The van der Waals surface area contributed by atoms with Gasteiger partial charge in [0.2, 0.25) is 22.5 Å². The normalized spacial score (nSPS) is 17.5. The Morgan fingerprint density at radius 1 is 0.836 bits per heavy atom. The van der Waals surface area contributed by atoms with Crippen molar-refractivity contribution in [3.63, 3.8) is 0 Å². The Morgan fingerprint density at radius 3 is 1.93 bits per heavy atom. The van der Waals surface area contributed by atoms with E-state index in [0.29, 0.717) is 24.0 Å². The highest BCUT2D eigenvalue weighted by atomic mass is 16.2. The maximum atomic E-state index is 14.4. The summed E-state index contributed by atoms with van der Waals surface area (Å²) in [5.74, 6) is -3.36. The van der Waals surface area contributed by atoms with Gasteiger partial charge in [0.15, 0.2) is 5.78 Å². The number of urea groups is 1. The zero-order valence-electron chi connectivity index (χ0n) is 35.3. The smallest absolute Gasteiger partial charge is 0.315 e. The van der Waals surface area contributed by atoms with Crippen molar-refractivity contribution in [1.29, 1.82) is 0 Å². The number of nitrogens with zero attached hydrogens (tertiary/aromatic N) is 1. The summed E-state index contributed by atoms with van der Waals surface area (Å²) in [6.45, 7) is 20.8. The minimum atomic E-state index is -1.16. The van der Waals surface area contributed by atoms with E-state index >= 15 is 0 Å². The molecule has 1 aliphatic rings. The minimum absolute atomic E-state index is 0.0489. The molecule has 0 radical (unpaired) electrons. The fourth-order valence-electron chi connectivity index (χ4n) is 7.44. The molecule has 0 bridgehead atoms. The first-order chi connectivity index (χ1) is 25.2. The molecule has 1 fully saturated rings. The second kappa shape index (κ2) is 19.3. The van der Waals surface area contributed by atoms with Gasteiger partial charge in [-0.05, 0) is 60.7 Å². The average molecular weight is 773 g/mol. The van der Waals surface area contributed by atoms with E-state index in [2.05, 4.69) is 21.3 Å². The van der Waals surface area contributed by atoms with Gasteiger partial charge in [-0.1, -0.05) is 88.5 Å². The van der Waals surface area contributed by atoms with Gasteiger partial charge in [0.25, 0.3) is 5.91 Å². The van der Waals surface area contributed by atoms with Crippen molar-refractivity contribution in [2.45, 2.75) is 151 Å². The van der Waals surface area contributed by atoms with E-state index in [1.54, 1.807) is 11.9 Å². The van der Waals surface area contributed by atoms with Crippen LogP contribution in [0.1, 0.15) is 127 Å². The predicted octanol–water partition coefficient (Wildman–Crippen LogP) is 3.04. The molecule has 1 saturated carbocycles. The van der Waals surface area contributed by atoms with Gasteiger partial charge in [0.1, 0.15) is 6.29 Å². The summed E-state index contributed by atoms with van der Waals surface area (Å²) >= 11 is 0. The monoisotopic (exact) mass is 773 g/mol. The van der Waals surface area contributed by atoms with Gasteiger partial charge in [-0.15, -0.1) is 0 Å². The van der Waals surface area contributed by atoms with Gasteiger partial charge in [-0.2, -0.15) is 0 Å². The Labute approximate surface area is 326 Å². The Kier molecular flexibility index (Phi) is 16.5. The van der Waals surface area contributed by atoms with E-state index in [-0.39, 0.29) is 42.5 Å². The summed E-state index contributed by atoms with van der Waals surface area (Å²) in [7, 11) is 1.75. The Bertz CT molecular complexity index is 1600. The fourth-order valence-corrected chi connectivity index (χ4v) is 7.44. The van der Waals surface area contributed by atoms with Gasteiger partial charge in [0, 0.05) is 25.1 Å². The Balaban J connectivity index is 2.24. The van der Waals surface area contributed by atoms with E-state index < -0.39 is 75.4 Å². The quantitative estimate of drug-likeness (QED) is 0.109. The van der Waals surface area contributed by atoms with Gasteiger partial charge in [0.05, 0.1) is 36.4 Å². The molecule has 0 heterocycles. The number of hydrogen-bond donors (Lipinski definition) is 5. The summed E-state index contributed by atoms with van der Waals surface area (Å²) in [5, 5.41) is 10.8. The highest BCUT2D eigenvalue weighted by Gasteiger charge is 2.39. The summed E-state index contributed by atoms with van der Waals surface area (Å²) in [6.07, 6.45) is 5.60. The van der Waals surface area contributed by atoms with E-state index in [1.165, 1.54) is 6.92 Å². The molecule has 1 aliphatic carbocycles. The molecule has 0 aliphatic heterocycles. The van der Waals surface area contributed by atoms with Gasteiger partial charge < -0.3 is 36.7 Å². The third kappa shape index (κ3) is 13.1. The molecule has 55 heavy (non-hydrogen) atoms. The molecule has 0 aromatic heterocycles. The number of rotatable bonds is 18. The second-order valence-electron chi connectivity index (χ2n) is 18.8. The number of ketones is 2. The minimum Gasteiger partial charge on any atom is -0.369 e. The Morgan fingerprint density at radius 2 is 1.42 bits per heavy atom. The first kappa shape index (κ1) is 47.2. The number of carbonyl (C=O) groups excluding carboxylic acids is 6. The summed E-state index contributed by atoms with van der Waals surface area (Å²) < 4.78 is 0. The number of likely N-dealkylation sites (N-methyl/N-ethyl adjacent to an activating group) is 1. The largest absolute Gasteiger partial charge is 0.369 e. The van der Waals surface area contributed by atoms with Crippen molar-refractivity contribution in [2.24, 2.45) is 34.3 Å². The van der Waals surface area contributed by atoms with Gasteiger partial charge in [-0.25, -0.2) is 4.79 Å². The van der Waals surface area contributed by atoms with Crippen LogP contribution in [0.4, 0.5) is 10.5 Å². The van der Waals surface area contributed by atoms with Crippen LogP contribution in [0, 0.1) is 28.6 Å². The molecular formula is C41H68N6O8. The molecule has 310 valence electrons. The first-order valence-electron chi connectivity index (χ1n) is 19.7. The number of hydrogen-bond acceptors (Lipinski definition) is 10. The lowest BCUT2D eigenvalue weighted by atomic mass is 9.71. The molecule has 6 atom stereocenters. The average Bonchev–Trinajstić information content (AvgIpc) is 3.08. The SMILES string of the molecule is CC(C[C@@H](CC(N)C(=O)NC(C)C(=O)C(=O)NCC=O)C(C)(C)C)C(=O)C(NC(=O)NC(CN(C)c1c(C(C)(C)C)c(=O)c1=O)C(C)(C)C)C1CCCCC1. The summed E-state index contributed by atoms with van der Waals surface area (Å²) in [4.78, 5) is 103. The molecular weight excluding hydrogens is 704 g/mol. The van der Waals surface area contributed by atoms with Gasteiger partial charge >= 0.3 is 6.03 Å². The highest BCUT2D eigenvalue weighted by Crippen LogP contribution is 2.37. The lowest BCUT2D eigenvalue weighted by Crippen LogP contribution is -2.58. The third-order valence-corrected chi connectivity index (χ3v) is 11.1. The molecule has 14 nitrogen and oxygen atoms in total.